The maximum absolute atomic E-state index is 13.0. The number of aromatic nitrogens is 5. The molecule has 3 aromatic heterocycles. The van der Waals surface area contributed by atoms with E-state index in [2.05, 4.69) is 15.1 Å². The summed E-state index contributed by atoms with van der Waals surface area (Å²) in [5.74, 6) is 0.888. The van der Waals surface area contributed by atoms with Gasteiger partial charge in [-0.2, -0.15) is 18.3 Å². The zero-order valence-electron chi connectivity index (χ0n) is 15.4. The average molecular weight is 385 g/mol. The van der Waals surface area contributed by atoms with Crippen molar-refractivity contribution in [2.24, 2.45) is 7.05 Å². The summed E-state index contributed by atoms with van der Waals surface area (Å²) in [6.07, 6.45) is -1.33. The van der Waals surface area contributed by atoms with Crippen molar-refractivity contribution in [3.05, 3.63) is 71.6 Å². The van der Waals surface area contributed by atoms with E-state index >= 15 is 0 Å². The lowest BCUT2D eigenvalue weighted by molar-refractivity contribution is -0.141. The Morgan fingerprint density at radius 3 is 2.43 bits per heavy atom. The highest BCUT2D eigenvalue weighted by Crippen LogP contribution is 2.31. The molecule has 0 amide bonds. The molecule has 0 unspecified atom stereocenters. The third-order valence-electron chi connectivity index (χ3n) is 4.67. The SMILES string of the molecule is Cc1c(C(F)(F)F)nc2ccc(CCc3nc(-c4ccccc4)cn3C)nn12. The Balaban J connectivity index is 1.56. The highest BCUT2D eigenvalue weighted by molar-refractivity contribution is 5.58. The second kappa shape index (κ2) is 6.78. The highest BCUT2D eigenvalue weighted by atomic mass is 19.4. The minimum Gasteiger partial charge on any atom is -0.337 e. The highest BCUT2D eigenvalue weighted by Gasteiger charge is 2.36. The smallest absolute Gasteiger partial charge is 0.337 e. The molecule has 0 aliphatic rings. The minimum atomic E-state index is -4.49. The van der Waals surface area contributed by atoms with E-state index in [-0.39, 0.29) is 11.3 Å². The summed E-state index contributed by atoms with van der Waals surface area (Å²) >= 11 is 0. The molecule has 4 aromatic rings. The van der Waals surface area contributed by atoms with Gasteiger partial charge in [-0.05, 0) is 25.5 Å². The van der Waals surface area contributed by atoms with Crippen molar-refractivity contribution in [1.82, 2.24) is 24.1 Å². The molecule has 8 heteroatoms. The van der Waals surface area contributed by atoms with Crippen molar-refractivity contribution < 1.29 is 13.2 Å². The summed E-state index contributed by atoms with van der Waals surface area (Å²) in [6, 6.07) is 13.2. The van der Waals surface area contributed by atoms with Gasteiger partial charge in [0.25, 0.3) is 0 Å². The summed E-state index contributed by atoms with van der Waals surface area (Å²) in [6.45, 7) is 1.38. The van der Waals surface area contributed by atoms with E-state index in [1.165, 1.54) is 11.4 Å². The normalized spacial score (nSPS) is 12.0. The van der Waals surface area contributed by atoms with Crippen molar-refractivity contribution in [2.45, 2.75) is 25.9 Å². The monoisotopic (exact) mass is 385 g/mol. The Morgan fingerprint density at radius 2 is 1.71 bits per heavy atom. The maximum Gasteiger partial charge on any atom is 0.435 e. The third kappa shape index (κ3) is 3.37. The molecule has 3 heterocycles. The van der Waals surface area contributed by atoms with E-state index in [9.17, 15) is 13.2 Å². The molecule has 0 saturated carbocycles. The number of nitrogens with zero attached hydrogens (tertiary/aromatic N) is 5. The Hall–Kier alpha value is -3.16. The van der Waals surface area contributed by atoms with Crippen LogP contribution in [0.25, 0.3) is 16.9 Å². The first-order valence-corrected chi connectivity index (χ1v) is 8.83. The van der Waals surface area contributed by atoms with Gasteiger partial charge in [0, 0.05) is 25.2 Å². The van der Waals surface area contributed by atoms with Gasteiger partial charge < -0.3 is 4.57 Å². The molecular weight excluding hydrogens is 367 g/mol. The zero-order chi connectivity index (χ0) is 19.9. The quantitative estimate of drug-likeness (QED) is 0.528. The third-order valence-corrected chi connectivity index (χ3v) is 4.67. The number of hydrogen-bond acceptors (Lipinski definition) is 3. The fraction of sp³-hybridized carbons (Fsp3) is 0.250. The topological polar surface area (TPSA) is 48.0 Å². The van der Waals surface area contributed by atoms with Crippen molar-refractivity contribution in [1.29, 1.82) is 0 Å². The molecule has 0 bridgehead atoms. The van der Waals surface area contributed by atoms with Gasteiger partial charge in [0.2, 0.25) is 0 Å². The molecular formula is C20H18F3N5. The molecule has 0 spiro atoms. The number of benzene rings is 1. The molecule has 0 fully saturated rings. The van der Waals surface area contributed by atoms with Crippen LogP contribution >= 0.6 is 0 Å². The Labute approximate surface area is 159 Å². The van der Waals surface area contributed by atoms with E-state index < -0.39 is 11.9 Å². The van der Waals surface area contributed by atoms with Gasteiger partial charge in [-0.15, -0.1) is 0 Å². The Kier molecular flexibility index (Phi) is 4.41. The fourth-order valence-electron chi connectivity index (χ4n) is 3.21. The first kappa shape index (κ1) is 18.2. The summed E-state index contributed by atoms with van der Waals surface area (Å²) in [7, 11) is 1.93. The summed E-state index contributed by atoms with van der Waals surface area (Å²) in [4.78, 5) is 8.33. The predicted octanol–water partition coefficient (Wildman–Crippen LogP) is 4.24. The van der Waals surface area contributed by atoms with E-state index in [0.29, 0.717) is 18.5 Å². The van der Waals surface area contributed by atoms with Crippen LogP contribution in [0.2, 0.25) is 0 Å². The number of imidazole rings is 2. The molecule has 144 valence electrons. The van der Waals surface area contributed by atoms with E-state index in [1.807, 2.05) is 48.1 Å². The molecule has 5 nitrogen and oxygen atoms in total. The van der Waals surface area contributed by atoms with Crippen LogP contribution in [0.4, 0.5) is 13.2 Å². The molecule has 0 atom stereocenters. The standard InChI is InChI=1S/C20H18F3N5/c1-13-19(20(21,22)23)25-18-11-9-15(26-28(13)18)8-10-17-24-16(12-27(17)2)14-6-4-3-5-7-14/h3-7,9,11-12H,8,10H2,1-2H3. The van der Waals surface area contributed by atoms with Crippen LogP contribution in [0.3, 0.4) is 0 Å². The van der Waals surface area contributed by atoms with Crippen molar-refractivity contribution in [2.75, 3.05) is 0 Å². The largest absolute Gasteiger partial charge is 0.435 e. The van der Waals surface area contributed by atoms with Gasteiger partial charge in [-0.1, -0.05) is 30.3 Å². The molecule has 0 aliphatic carbocycles. The number of halogens is 3. The van der Waals surface area contributed by atoms with Gasteiger partial charge in [0.15, 0.2) is 11.3 Å². The average Bonchev–Trinajstić information content (AvgIpc) is 3.21. The van der Waals surface area contributed by atoms with E-state index in [1.54, 1.807) is 12.1 Å². The van der Waals surface area contributed by atoms with Crippen LogP contribution in [-0.2, 0) is 26.1 Å². The van der Waals surface area contributed by atoms with Crippen LogP contribution in [0, 0.1) is 6.92 Å². The lowest BCUT2D eigenvalue weighted by Crippen LogP contribution is -2.08. The predicted molar refractivity (Wildman–Crippen MR) is 98.8 cm³/mol. The summed E-state index contributed by atoms with van der Waals surface area (Å²) in [5, 5.41) is 4.34. The van der Waals surface area contributed by atoms with Gasteiger partial charge in [-0.25, -0.2) is 14.5 Å². The molecule has 28 heavy (non-hydrogen) atoms. The molecule has 0 aliphatic heterocycles. The van der Waals surface area contributed by atoms with E-state index in [4.69, 9.17) is 0 Å². The number of hydrogen-bond donors (Lipinski definition) is 0. The molecule has 0 saturated heterocycles. The van der Waals surface area contributed by atoms with Crippen molar-refractivity contribution in [3.63, 3.8) is 0 Å². The van der Waals surface area contributed by atoms with E-state index in [0.717, 1.165) is 17.1 Å². The van der Waals surface area contributed by atoms with Crippen LogP contribution < -0.4 is 0 Å². The molecule has 4 rings (SSSR count). The van der Waals surface area contributed by atoms with Crippen LogP contribution in [-0.4, -0.2) is 24.1 Å². The van der Waals surface area contributed by atoms with Gasteiger partial charge >= 0.3 is 6.18 Å². The van der Waals surface area contributed by atoms with Crippen molar-refractivity contribution in [3.8, 4) is 11.3 Å². The van der Waals surface area contributed by atoms with Crippen LogP contribution in [0.5, 0.6) is 0 Å². The van der Waals surface area contributed by atoms with Crippen LogP contribution in [0.15, 0.2) is 48.7 Å². The summed E-state index contributed by atoms with van der Waals surface area (Å²) < 4.78 is 42.3. The summed E-state index contributed by atoms with van der Waals surface area (Å²) in [5.41, 5.74) is 1.91. The zero-order valence-corrected chi connectivity index (χ0v) is 15.4. The molecule has 0 N–H and O–H groups in total. The maximum atomic E-state index is 13.0. The molecule has 1 aromatic carbocycles. The number of alkyl halides is 3. The van der Waals surface area contributed by atoms with Gasteiger partial charge in [-0.3, -0.25) is 0 Å². The fourth-order valence-corrected chi connectivity index (χ4v) is 3.21. The second-order valence-corrected chi connectivity index (χ2v) is 6.66. The lowest BCUT2D eigenvalue weighted by atomic mass is 10.2. The molecule has 0 radical (unpaired) electrons. The lowest BCUT2D eigenvalue weighted by Gasteiger charge is -2.04. The number of rotatable bonds is 4. The first-order chi connectivity index (χ1) is 13.3. The van der Waals surface area contributed by atoms with Crippen LogP contribution in [0.1, 0.15) is 22.9 Å². The second-order valence-electron chi connectivity index (χ2n) is 6.66. The van der Waals surface area contributed by atoms with Crippen molar-refractivity contribution >= 4 is 5.65 Å². The first-order valence-electron chi connectivity index (χ1n) is 8.83. The number of fused-ring (bicyclic) bond motifs is 1. The minimum absolute atomic E-state index is 0.00675. The van der Waals surface area contributed by atoms with Gasteiger partial charge in [0.1, 0.15) is 5.82 Å². The Bertz CT molecular complexity index is 1130. The van der Waals surface area contributed by atoms with Gasteiger partial charge in [0.05, 0.1) is 17.1 Å². The Morgan fingerprint density at radius 1 is 0.964 bits per heavy atom. The number of aryl methyl sites for hydroxylation is 4.